The molecule has 154 valence electrons. The van der Waals surface area contributed by atoms with E-state index < -0.39 is 29.5 Å². The molecule has 1 unspecified atom stereocenters. The van der Waals surface area contributed by atoms with Crippen LogP contribution in [0.25, 0.3) is 27.3 Å². The third-order valence-corrected chi connectivity index (χ3v) is 5.27. The van der Waals surface area contributed by atoms with E-state index in [2.05, 4.69) is 9.97 Å². The summed E-state index contributed by atoms with van der Waals surface area (Å²) < 4.78 is 67.6. The van der Waals surface area contributed by atoms with Crippen molar-refractivity contribution in [2.75, 3.05) is 0 Å². The van der Waals surface area contributed by atoms with E-state index in [1.165, 1.54) is 5.38 Å². The van der Waals surface area contributed by atoms with E-state index in [1.54, 1.807) is 24.3 Å². The molecule has 11 heteroatoms. The quantitative estimate of drug-likeness (QED) is 0.361. The summed E-state index contributed by atoms with van der Waals surface area (Å²) in [6.45, 7) is 0. The molecule has 0 saturated heterocycles. The van der Waals surface area contributed by atoms with Crippen molar-refractivity contribution >= 4 is 33.8 Å². The smallest absolute Gasteiger partial charge is 0.268 e. The molecular weight excluding hydrogens is 449 g/mol. The first-order valence-corrected chi connectivity index (χ1v) is 9.56. The Kier molecular flexibility index (Phi) is 5.07. The lowest BCUT2D eigenvalue weighted by Crippen LogP contribution is -2.29. The number of benzene rings is 2. The highest BCUT2D eigenvalue weighted by Gasteiger charge is 2.45. The number of aromatic nitrogens is 3. The van der Waals surface area contributed by atoms with Crippen molar-refractivity contribution in [1.82, 2.24) is 14.5 Å². The van der Waals surface area contributed by atoms with Gasteiger partial charge in [-0.15, -0.1) is 11.3 Å². The molecule has 0 amide bonds. The monoisotopic (exact) mass is 457 g/mol. The first kappa shape index (κ1) is 20.4. The average Bonchev–Trinajstić information content (AvgIpc) is 3.16. The fraction of sp³-hybridized carbons (Fsp3) is 0.105. The van der Waals surface area contributed by atoms with E-state index in [0.717, 1.165) is 29.5 Å². The van der Waals surface area contributed by atoms with Gasteiger partial charge in [-0.1, -0.05) is 23.7 Å². The van der Waals surface area contributed by atoms with Crippen LogP contribution >= 0.6 is 22.9 Å². The third-order valence-electron chi connectivity index (χ3n) is 4.19. The maximum atomic E-state index is 14.3. The number of thiazole rings is 1. The van der Waals surface area contributed by atoms with Crippen molar-refractivity contribution in [2.24, 2.45) is 0 Å². The number of nitrogens with zero attached hydrogens (tertiary/aromatic N) is 3. The van der Waals surface area contributed by atoms with Crippen LogP contribution in [0.5, 0.6) is 0 Å². The molecule has 30 heavy (non-hydrogen) atoms. The Bertz CT molecular complexity index is 1300. The van der Waals surface area contributed by atoms with Gasteiger partial charge in [0.2, 0.25) is 0 Å². The van der Waals surface area contributed by atoms with Gasteiger partial charge in [0.25, 0.3) is 11.7 Å². The van der Waals surface area contributed by atoms with Crippen LogP contribution in [0.3, 0.4) is 0 Å². The van der Waals surface area contributed by atoms with Crippen molar-refractivity contribution in [3.8, 4) is 16.4 Å². The van der Waals surface area contributed by atoms with Crippen molar-refractivity contribution < 1.29 is 22.0 Å². The van der Waals surface area contributed by atoms with E-state index in [4.69, 9.17) is 11.6 Å². The molecule has 0 aliphatic carbocycles. The molecule has 1 atom stereocenters. The van der Waals surface area contributed by atoms with E-state index >= 15 is 0 Å². The van der Waals surface area contributed by atoms with Crippen LogP contribution in [0.15, 0.2) is 52.6 Å². The molecule has 2 aromatic carbocycles. The van der Waals surface area contributed by atoms with Gasteiger partial charge in [-0.2, -0.15) is 13.2 Å². The summed E-state index contributed by atoms with van der Waals surface area (Å²) >= 11 is 6.68. The van der Waals surface area contributed by atoms with Crippen LogP contribution in [0.4, 0.5) is 22.0 Å². The Balaban J connectivity index is 1.95. The van der Waals surface area contributed by atoms with Crippen molar-refractivity contribution in [3.05, 3.63) is 74.9 Å². The number of rotatable bonds is 3. The molecule has 2 aromatic heterocycles. The Morgan fingerprint density at radius 1 is 1.07 bits per heavy atom. The standard InChI is InChI=1S/C19H9ClF5N3OS/c20-10-3-1-9(2-4-10)14-8-30-18(27-14)28-16(15(22)19(23,24)25)26-13-7-11(21)5-6-12(13)17(28)29/h1-8,15H. The van der Waals surface area contributed by atoms with Gasteiger partial charge in [0.05, 0.1) is 16.6 Å². The Labute approximate surface area is 174 Å². The molecule has 0 aliphatic rings. The number of hydrogen-bond donors (Lipinski definition) is 0. The maximum absolute atomic E-state index is 14.3. The average molecular weight is 458 g/mol. The summed E-state index contributed by atoms with van der Waals surface area (Å²) in [5.74, 6) is -2.04. The predicted octanol–water partition coefficient (Wildman–Crippen LogP) is 5.87. The molecule has 0 spiro atoms. The maximum Gasteiger partial charge on any atom is 0.427 e. The summed E-state index contributed by atoms with van der Waals surface area (Å²) in [6.07, 6.45) is -8.89. The van der Waals surface area contributed by atoms with Gasteiger partial charge >= 0.3 is 6.18 Å². The number of fused-ring (bicyclic) bond motifs is 1. The largest absolute Gasteiger partial charge is 0.427 e. The summed E-state index contributed by atoms with van der Waals surface area (Å²) in [5.41, 5.74) is -0.419. The topological polar surface area (TPSA) is 47.8 Å². The molecule has 0 aliphatic heterocycles. The van der Waals surface area contributed by atoms with Crippen LogP contribution in [0.1, 0.15) is 12.0 Å². The number of hydrogen-bond acceptors (Lipinski definition) is 4. The van der Waals surface area contributed by atoms with Crippen molar-refractivity contribution in [1.29, 1.82) is 0 Å². The molecule has 4 aromatic rings. The minimum Gasteiger partial charge on any atom is -0.268 e. The SMILES string of the molecule is O=c1c2ccc(F)cc2nc(C(F)C(F)(F)F)n1-c1nc(-c2ccc(Cl)cc2)cs1. The molecule has 0 saturated carbocycles. The van der Waals surface area contributed by atoms with Crippen LogP contribution in [-0.4, -0.2) is 20.7 Å². The summed E-state index contributed by atoms with van der Waals surface area (Å²) in [6, 6.07) is 9.29. The minimum absolute atomic E-state index is 0.169. The van der Waals surface area contributed by atoms with E-state index in [1.807, 2.05) is 0 Å². The second-order valence-electron chi connectivity index (χ2n) is 6.20. The highest BCUT2D eigenvalue weighted by molar-refractivity contribution is 7.12. The van der Waals surface area contributed by atoms with Crippen LogP contribution in [0, 0.1) is 5.82 Å². The molecule has 0 fully saturated rings. The fourth-order valence-electron chi connectivity index (χ4n) is 2.80. The van der Waals surface area contributed by atoms with Crippen LogP contribution < -0.4 is 5.56 Å². The van der Waals surface area contributed by atoms with E-state index in [0.29, 0.717) is 20.8 Å². The summed E-state index contributed by atoms with van der Waals surface area (Å²) in [4.78, 5) is 20.7. The third kappa shape index (κ3) is 3.68. The van der Waals surface area contributed by atoms with Gasteiger partial charge in [-0.25, -0.2) is 23.3 Å². The van der Waals surface area contributed by atoms with Crippen LogP contribution in [0.2, 0.25) is 5.02 Å². The minimum atomic E-state index is -5.32. The zero-order valence-corrected chi connectivity index (χ0v) is 16.2. The van der Waals surface area contributed by atoms with E-state index in [-0.39, 0.29) is 16.0 Å². The Morgan fingerprint density at radius 3 is 2.43 bits per heavy atom. The number of halogens is 6. The zero-order valence-electron chi connectivity index (χ0n) is 14.6. The van der Waals surface area contributed by atoms with Gasteiger partial charge in [0.1, 0.15) is 5.82 Å². The Morgan fingerprint density at radius 2 is 1.77 bits per heavy atom. The molecule has 0 N–H and O–H groups in total. The first-order chi connectivity index (χ1) is 14.1. The van der Waals surface area contributed by atoms with Crippen LogP contribution in [-0.2, 0) is 0 Å². The molecule has 4 nitrogen and oxygen atoms in total. The highest BCUT2D eigenvalue weighted by atomic mass is 35.5. The lowest BCUT2D eigenvalue weighted by molar-refractivity contribution is -0.185. The van der Waals surface area contributed by atoms with Gasteiger partial charge in [-0.3, -0.25) is 4.79 Å². The lowest BCUT2D eigenvalue weighted by Gasteiger charge is -2.16. The lowest BCUT2D eigenvalue weighted by atomic mass is 10.2. The van der Waals surface area contributed by atoms with Gasteiger partial charge in [0.15, 0.2) is 11.0 Å². The fourth-order valence-corrected chi connectivity index (χ4v) is 3.76. The van der Waals surface area contributed by atoms with Crippen molar-refractivity contribution in [2.45, 2.75) is 12.3 Å². The number of alkyl halides is 4. The summed E-state index contributed by atoms with van der Waals surface area (Å²) in [7, 11) is 0. The van der Waals surface area contributed by atoms with Gasteiger partial charge in [0, 0.05) is 22.0 Å². The normalized spacial score (nSPS) is 13.0. The molecule has 4 rings (SSSR count). The van der Waals surface area contributed by atoms with E-state index in [9.17, 15) is 26.7 Å². The van der Waals surface area contributed by atoms with Crippen molar-refractivity contribution in [3.63, 3.8) is 0 Å². The summed E-state index contributed by atoms with van der Waals surface area (Å²) in [5, 5.41) is 1.61. The van der Waals surface area contributed by atoms with Gasteiger partial charge in [-0.05, 0) is 24.3 Å². The first-order valence-electron chi connectivity index (χ1n) is 8.30. The molecule has 0 bridgehead atoms. The predicted molar refractivity (Wildman–Crippen MR) is 103 cm³/mol. The van der Waals surface area contributed by atoms with Gasteiger partial charge < -0.3 is 0 Å². The second kappa shape index (κ2) is 7.44. The molecule has 0 radical (unpaired) electrons. The zero-order chi connectivity index (χ0) is 21.6. The second-order valence-corrected chi connectivity index (χ2v) is 7.47. The molecule has 2 heterocycles. The highest BCUT2D eigenvalue weighted by Crippen LogP contribution is 2.36. The molecular formula is C19H9ClF5N3OS. The Hall–Kier alpha value is -2.85.